The molecule has 0 radical (unpaired) electrons. The van der Waals surface area contributed by atoms with Crippen LogP contribution in [-0.2, 0) is 0 Å². The zero-order valence-electron chi connectivity index (χ0n) is 48.8. The fraction of sp³-hybridized carbons (Fsp3) is 0. The van der Waals surface area contributed by atoms with Crippen molar-refractivity contribution in [3.63, 3.8) is 0 Å². The van der Waals surface area contributed by atoms with Crippen molar-refractivity contribution in [3.05, 3.63) is 260 Å². The molecule has 0 unspecified atom stereocenters. The highest BCUT2D eigenvalue weighted by Gasteiger charge is 2.51. The highest BCUT2D eigenvalue weighted by atomic mass is 32.1. The third-order valence-electron chi connectivity index (χ3n) is 18.5. The first-order valence-electron chi connectivity index (χ1n) is 30.5. The van der Waals surface area contributed by atoms with Gasteiger partial charge in [-0.1, -0.05) is 103 Å². The van der Waals surface area contributed by atoms with Gasteiger partial charge in [-0.3, -0.25) is 0 Å². The van der Waals surface area contributed by atoms with Crippen molar-refractivity contribution in [2.45, 2.75) is 0 Å². The first-order chi connectivity index (χ1) is 46.2. The largest absolute Gasteiger partial charge is 0.458 e. The SMILES string of the molecule is Fc1cccc(F)c1N1c2cc3c(cc2B2c4cc5c(cc4Oc4cc(Oc6ccccc6)cc1c42)N(c1c(F)cccc1F)c1cc(Oc2ccccc2)cc2c1B5c1sc4ccccc4c1O2)B1c2sc4ccccc4c2Oc2cc(Oc4ccccc4)cc(c21)O3. The summed E-state index contributed by atoms with van der Waals surface area (Å²) >= 11 is 3.22. The van der Waals surface area contributed by atoms with E-state index in [2.05, 4.69) is 30.3 Å². The molecule has 0 saturated heterocycles. The van der Waals surface area contributed by atoms with E-state index in [0.29, 0.717) is 131 Å². The van der Waals surface area contributed by atoms with Gasteiger partial charge in [0, 0.05) is 106 Å². The lowest BCUT2D eigenvalue weighted by molar-refractivity contribution is 0.445. The van der Waals surface area contributed by atoms with Gasteiger partial charge in [0.25, 0.3) is 20.1 Å². The van der Waals surface area contributed by atoms with Crippen molar-refractivity contribution >= 4 is 145 Å². The third-order valence-corrected chi connectivity index (χ3v) is 20.9. The normalized spacial score (nSPS) is 13.6. The van der Waals surface area contributed by atoms with E-state index in [1.165, 1.54) is 36.4 Å². The quantitative estimate of drug-likeness (QED) is 0.109. The van der Waals surface area contributed by atoms with Gasteiger partial charge in [-0.25, -0.2) is 17.6 Å². The minimum atomic E-state index is -0.819. The average molecular weight is 1260 g/mol. The topological polar surface area (TPSA) is 71.1 Å². The van der Waals surface area contributed by atoms with Crippen molar-refractivity contribution in [2.24, 2.45) is 0 Å². The van der Waals surface area contributed by atoms with Gasteiger partial charge >= 0.3 is 0 Å². The number of ether oxygens (including phenoxy) is 7. The lowest BCUT2D eigenvalue weighted by Crippen LogP contribution is -2.64. The molecule has 0 amide bonds. The van der Waals surface area contributed by atoms with Crippen molar-refractivity contribution in [1.29, 1.82) is 0 Å². The van der Waals surface area contributed by atoms with Gasteiger partial charge < -0.3 is 43.0 Å². The van der Waals surface area contributed by atoms with Crippen molar-refractivity contribution in [3.8, 4) is 80.5 Å². The number of halogens is 4. The summed E-state index contributed by atoms with van der Waals surface area (Å²) in [5.74, 6) is 3.49. The monoisotopic (exact) mass is 1260 g/mol. The number of benzene rings is 12. The standard InChI is InChI=1S/C76H39B3F4N2O7S2/c80-52-24-14-25-53(81)71(52)84-56-38-61-51(79-70-64(90-61)34-45(88-42-20-8-3-9-21-42)35-65(70)92-74-47-23-11-13-29-67(47)94-76(74)79)36-48(56)77-50-37-49-57(39-60(50)89-62-32-43(30-58(84)68(62)77)86-40-16-4-1-5-17-40)85(72-54(82)26-15-27-55(72)83)59-31-44(87-41-18-6-2-7-19-41)33-63-69(59)78(49)75-73(91-63)46-22-10-12-28-66(46)93-75/h1-39H. The lowest BCUT2D eigenvalue weighted by atomic mass is 9.30. The molecule has 6 aliphatic rings. The molecule has 6 aliphatic heterocycles. The Balaban J connectivity index is 0.871. The van der Waals surface area contributed by atoms with Crippen LogP contribution in [0.5, 0.6) is 80.5 Å². The molecule has 20 rings (SSSR count). The van der Waals surface area contributed by atoms with Crippen molar-refractivity contribution in [1.82, 2.24) is 0 Å². The summed E-state index contributed by atoms with van der Waals surface area (Å²) in [7, 11) is 0. The minimum Gasteiger partial charge on any atom is -0.458 e. The number of fused-ring (bicyclic) bond motifs is 16. The van der Waals surface area contributed by atoms with Crippen molar-refractivity contribution < 1.29 is 50.7 Å². The molecule has 14 aromatic rings. The van der Waals surface area contributed by atoms with Crippen LogP contribution in [0.25, 0.3) is 20.2 Å². The number of para-hydroxylation sites is 5. The first-order valence-corrected chi connectivity index (χ1v) is 32.2. The molecule has 0 fully saturated rings. The van der Waals surface area contributed by atoms with Gasteiger partial charge in [-0.05, 0) is 118 Å². The second-order valence-corrected chi connectivity index (χ2v) is 26.0. The fourth-order valence-corrected chi connectivity index (χ4v) is 17.2. The van der Waals surface area contributed by atoms with Crippen LogP contribution in [0.4, 0.5) is 51.7 Å². The Morgan fingerprint density at radius 3 is 1.13 bits per heavy atom. The van der Waals surface area contributed by atoms with Gasteiger partial charge in [0.2, 0.25) is 0 Å². The van der Waals surface area contributed by atoms with E-state index in [9.17, 15) is 0 Å². The van der Waals surface area contributed by atoms with Crippen LogP contribution in [0.3, 0.4) is 0 Å². The van der Waals surface area contributed by atoms with Gasteiger partial charge in [-0.2, -0.15) is 0 Å². The zero-order chi connectivity index (χ0) is 62.2. The van der Waals surface area contributed by atoms with Crippen LogP contribution >= 0.6 is 22.7 Å². The number of anilines is 6. The summed E-state index contributed by atoms with van der Waals surface area (Å²) in [5.41, 5.74) is 5.81. The number of rotatable bonds is 8. The minimum absolute atomic E-state index is 0.299. The summed E-state index contributed by atoms with van der Waals surface area (Å²) < 4.78 is 121. The van der Waals surface area contributed by atoms with E-state index in [0.717, 1.165) is 40.7 Å². The molecule has 0 aliphatic carbocycles. The summed E-state index contributed by atoms with van der Waals surface area (Å²) in [6, 6.07) is 70.8. The van der Waals surface area contributed by atoms with Crippen LogP contribution in [0, 0.1) is 23.3 Å². The van der Waals surface area contributed by atoms with Gasteiger partial charge in [0.1, 0.15) is 115 Å². The third kappa shape index (κ3) is 7.90. The molecule has 2 aromatic heterocycles. The molecule has 0 saturated carbocycles. The molecule has 8 heterocycles. The molecular weight excluding hydrogens is 1230 g/mol. The van der Waals surface area contributed by atoms with E-state index < -0.39 is 43.4 Å². The van der Waals surface area contributed by atoms with Crippen LogP contribution in [-0.4, -0.2) is 20.1 Å². The fourth-order valence-electron chi connectivity index (χ4n) is 14.7. The number of hydrogen-bond donors (Lipinski definition) is 0. The number of thiophene rings is 2. The van der Waals surface area contributed by atoms with E-state index >= 15 is 17.6 Å². The molecule has 0 bridgehead atoms. The summed E-state index contributed by atoms with van der Waals surface area (Å²) in [6.45, 7) is -1.82. The van der Waals surface area contributed by atoms with Gasteiger partial charge in [0.15, 0.2) is 0 Å². The molecule has 12 aromatic carbocycles. The first kappa shape index (κ1) is 53.3. The zero-order valence-corrected chi connectivity index (χ0v) is 50.5. The summed E-state index contributed by atoms with van der Waals surface area (Å²) in [6.07, 6.45) is 0. The maximum Gasteiger partial charge on any atom is 0.273 e. The smallest absolute Gasteiger partial charge is 0.273 e. The van der Waals surface area contributed by atoms with Gasteiger partial charge in [-0.15, -0.1) is 22.7 Å². The van der Waals surface area contributed by atoms with Crippen LogP contribution in [0.15, 0.2) is 237 Å². The highest BCUT2D eigenvalue weighted by molar-refractivity contribution is 7.34. The lowest BCUT2D eigenvalue weighted by Gasteiger charge is -2.43. The Morgan fingerprint density at radius 2 is 0.660 bits per heavy atom. The van der Waals surface area contributed by atoms with Gasteiger partial charge in [0.05, 0.1) is 0 Å². The van der Waals surface area contributed by atoms with E-state index in [4.69, 9.17) is 33.2 Å². The second kappa shape index (κ2) is 20.1. The molecular formula is C76H39B3F4N2O7S2. The van der Waals surface area contributed by atoms with E-state index in [1.807, 2.05) is 158 Å². The Bertz CT molecular complexity index is 5590. The molecule has 94 heavy (non-hydrogen) atoms. The Hall–Kier alpha value is -11.3. The second-order valence-electron chi connectivity index (χ2n) is 23.8. The number of hydrogen-bond acceptors (Lipinski definition) is 11. The number of nitrogens with zero attached hydrogens (tertiary/aromatic N) is 2. The summed E-state index contributed by atoms with van der Waals surface area (Å²) in [4.78, 5) is 3.22. The maximum absolute atomic E-state index is 17.3. The Labute approximate surface area is 542 Å². The van der Waals surface area contributed by atoms with E-state index in [1.54, 1.807) is 44.6 Å². The Morgan fingerprint density at radius 1 is 0.298 bits per heavy atom. The van der Waals surface area contributed by atoms with Crippen LogP contribution < -0.4 is 90.8 Å². The van der Waals surface area contributed by atoms with Crippen LogP contribution in [0.2, 0.25) is 0 Å². The van der Waals surface area contributed by atoms with Crippen LogP contribution in [0.1, 0.15) is 0 Å². The predicted molar refractivity (Wildman–Crippen MR) is 366 cm³/mol. The van der Waals surface area contributed by atoms with Crippen molar-refractivity contribution in [2.75, 3.05) is 9.80 Å². The maximum atomic E-state index is 17.3. The Kier molecular flexibility index (Phi) is 11.4. The summed E-state index contributed by atoms with van der Waals surface area (Å²) in [5, 5.41) is 1.84. The molecule has 18 heteroatoms. The average Bonchev–Trinajstić information content (AvgIpc) is 0.895. The molecule has 0 spiro atoms. The predicted octanol–water partition coefficient (Wildman–Crippen LogP) is 15.6. The molecule has 444 valence electrons. The highest BCUT2D eigenvalue weighted by Crippen LogP contribution is 2.52. The molecule has 9 nitrogen and oxygen atoms in total. The molecule has 0 N–H and O–H groups in total. The van der Waals surface area contributed by atoms with E-state index in [-0.39, 0.29) is 11.4 Å². The molecule has 0 atom stereocenters.